The first-order valence-corrected chi connectivity index (χ1v) is 12.5. The van der Waals surface area contributed by atoms with Crippen LogP contribution in [-0.4, -0.2) is 76.9 Å². The van der Waals surface area contributed by atoms with Gasteiger partial charge in [-0.1, -0.05) is 6.07 Å². The lowest BCUT2D eigenvalue weighted by atomic mass is 9.96. The summed E-state index contributed by atoms with van der Waals surface area (Å²) < 4.78 is 21.7. The van der Waals surface area contributed by atoms with Gasteiger partial charge in [0.1, 0.15) is 0 Å². The van der Waals surface area contributed by atoms with E-state index in [-0.39, 0.29) is 18.3 Å². The second-order valence-electron chi connectivity index (χ2n) is 9.49. The van der Waals surface area contributed by atoms with Crippen molar-refractivity contribution >= 4 is 18.3 Å². The number of rotatable bonds is 9. The first kappa shape index (κ1) is 27.9. The Bertz CT molecular complexity index is 1030. The SMILES string of the molecule is COc1ccc(CCN2CCC[C@H](CN3CCc4cc(OC)c(OC)cc4CC3=O)C2)cc1OC.Cl. The summed E-state index contributed by atoms with van der Waals surface area (Å²) in [5, 5.41) is 0. The van der Waals surface area contributed by atoms with Crippen LogP contribution in [0, 0.1) is 5.92 Å². The third-order valence-corrected chi connectivity index (χ3v) is 7.30. The van der Waals surface area contributed by atoms with Crippen LogP contribution in [0.3, 0.4) is 0 Å². The number of benzene rings is 2. The summed E-state index contributed by atoms with van der Waals surface area (Å²) in [7, 11) is 6.62. The van der Waals surface area contributed by atoms with Crippen molar-refractivity contribution in [2.24, 2.45) is 5.92 Å². The van der Waals surface area contributed by atoms with E-state index in [2.05, 4.69) is 21.9 Å². The molecule has 0 aromatic heterocycles. The van der Waals surface area contributed by atoms with Gasteiger partial charge in [-0.3, -0.25) is 4.79 Å². The lowest BCUT2D eigenvalue weighted by molar-refractivity contribution is -0.131. The number of carbonyl (C=O) groups excluding carboxylic acids is 1. The highest BCUT2D eigenvalue weighted by Gasteiger charge is 2.27. The third-order valence-electron chi connectivity index (χ3n) is 7.30. The first-order chi connectivity index (χ1) is 17.0. The molecule has 2 aliphatic heterocycles. The van der Waals surface area contributed by atoms with Gasteiger partial charge in [-0.2, -0.15) is 0 Å². The first-order valence-electron chi connectivity index (χ1n) is 12.5. The van der Waals surface area contributed by atoms with Crippen molar-refractivity contribution in [3.63, 3.8) is 0 Å². The second-order valence-corrected chi connectivity index (χ2v) is 9.49. The molecule has 4 rings (SSSR count). The molecular formula is C28H39ClN2O5. The predicted molar refractivity (Wildman–Crippen MR) is 143 cm³/mol. The summed E-state index contributed by atoms with van der Waals surface area (Å²) in [5.41, 5.74) is 3.48. The number of methoxy groups -OCH3 is 4. The van der Waals surface area contributed by atoms with Crippen molar-refractivity contribution in [2.45, 2.75) is 32.1 Å². The largest absolute Gasteiger partial charge is 0.493 e. The van der Waals surface area contributed by atoms with Crippen LogP contribution in [0.15, 0.2) is 30.3 Å². The van der Waals surface area contributed by atoms with Gasteiger partial charge in [-0.05, 0) is 79.1 Å². The molecule has 2 aliphatic rings. The van der Waals surface area contributed by atoms with Crippen molar-refractivity contribution in [2.75, 3.05) is 61.2 Å². The summed E-state index contributed by atoms with van der Waals surface area (Å²) in [6.07, 6.45) is 4.58. The van der Waals surface area contributed by atoms with Gasteiger partial charge in [0, 0.05) is 26.2 Å². The van der Waals surface area contributed by atoms with Crippen LogP contribution < -0.4 is 18.9 Å². The fourth-order valence-corrected chi connectivity index (χ4v) is 5.35. The molecule has 0 spiro atoms. The molecule has 0 unspecified atom stereocenters. The van der Waals surface area contributed by atoms with Crippen LogP contribution >= 0.6 is 12.4 Å². The number of halogens is 1. The number of hydrogen-bond donors (Lipinski definition) is 0. The van der Waals surface area contributed by atoms with Gasteiger partial charge in [0.15, 0.2) is 23.0 Å². The van der Waals surface area contributed by atoms with Crippen LogP contribution in [0.5, 0.6) is 23.0 Å². The molecule has 1 amide bonds. The van der Waals surface area contributed by atoms with Crippen LogP contribution in [0.1, 0.15) is 29.5 Å². The number of ether oxygens (including phenoxy) is 4. The Morgan fingerprint density at radius 3 is 2.22 bits per heavy atom. The molecule has 0 aliphatic carbocycles. The maximum atomic E-state index is 13.1. The normalized spacial score (nSPS) is 18.1. The number of piperidine rings is 1. The lowest BCUT2D eigenvalue weighted by Gasteiger charge is -2.35. The third kappa shape index (κ3) is 6.56. The molecule has 0 saturated carbocycles. The van der Waals surface area contributed by atoms with Crippen molar-refractivity contribution in [1.29, 1.82) is 0 Å². The van der Waals surface area contributed by atoms with Gasteiger partial charge in [-0.25, -0.2) is 0 Å². The number of nitrogens with zero attached hydrogens (tertiary/aromatic N) is 2. The van der Waals surface area contributed by atoms with E-state index in [0.29, 0.717) is 18.1 Å². The zero-order valence-corrected chi connectivity index (χ0v) is 22.7. The van der Waals surface area contributed by atoms with E-state index in [0.717, 1.165) is 68.4 Å². The van der Waals surface area contributed by atoms with Gasteiger partial charge < -0.3 is 28.7 Å². The Balaban J connectivity index is 0.00000361. The average molecular weight is 519 g/mol. The van der Waals surface area contributed by atoms with Crippen LogP contribution in [-0.2, 0) is 24.1 Å². The van der Waals surface area contributed by atoms with Crippen LogP contribution in [0.2, 0.25) is 0 Å². The van der Waals surface area contributed by atoms with Crippen molar-refractivity contribution in [3.05, 3.63) is 47.0 Å². The Morgan fingerprint density at radius 2 is 1.53 bits per heavy atom. The molecule has 2 aromatic rings. The van der Waals surface area contributed by atoms with Crippen LogP contribution in [0.25, 0.3) is 0 Å². The van der Waals surface area contributed by atoms with E-state index in [1.165, 1.54) is 24.0 Å². The Morgan fingerprint density at radius 1 is 0.861 bits per heavy atom. The summed E-state index contributed by atoms with van der Waals surface area (Å²) >= 11 is 0. The molecule has 8 heteroatoms. The minimum atomic E-state index is 0. The molecule has 1 fully saturated rings. The molecule has 1 saturated heterocycles. The maximum absolute atomic E-state index is 13.1. The van der Waals surface area contributed by atoms with E-state index < -0.39 is 0 Å². The van der Waals surface area contributed by atoms with Gasteiger partial charge in [0.2, 0.25) is 5.91 Å². The van der Waals surface area contributed by atoms with E-state index in [4.69, 9.17) is 18.9 Å². The minimum absolute atomic E-state index is 0. The topological polar surface area (TPSA) is 60.5 Å². The van der Waals surface area contributed by atoms with Gasteiger partial charge >= 0.3 is 0 Å². The van der Waals surface area contributed by atoms with Crippen LogP contribution in [0.4, 0.5) is 0 Å². The summed E-state index contributed by atoms with van der Waals surface area (Å²) in [6, 6.07) is 10.1. The molecule has 0 N–H and O–H groups in total. The molecule has 2 heterocycles. The molecule has 36 heavy (non-hydrogen) atoms. The monoisotopic (exact) mass is 518 g/mol. The second kappa shape index (κ2) is 13.1. The smallest absolute Gasteiger partial charge is 0.227 e. The van der Waals surface area contributed by atoms with Gasteiger partial charge in [0.25, 0.3) is 0 Å². The highest BCUT2D eigenvalue weighted by Crippen LogP contribution is 2.33. The molecule has 0 bridgehead atoms. The van der Waals surface area contributed by atoms with Crippen molar-refractivity contribution in [3.8, 4) is 23.0 Å². The fourth-order valence-electron chi connectivity index (χ4n) is 5.35. The summed E-state index contributed by atoms with van der Waals surface area (Å²) in [5.74, 6) is 3.66. The molecule has 198 valence electrons. The highest BCUT2D eigenvalue weighted by molar-refractivity contribution is 5.85. The van der Waals surface area contributed by atoms with E-state index in [1.54, 1.807) is 28.4 Å². The Hall–Kier alpha value is -2.64. The molecule has 0 radical (unpaired) electrons. The van der Waals surface area contributed by atoms with E-state index in [9.17, 15) is 4.79 Å². The fraction of sp³-hybridized carbons (Fsp3) is 0.536. The number of likely N-dealkylation sites (tertiary alicyclic amines) is 1. The average Bonchev–Trinajstić information content (AvgIpc) is 3.04. The standard InChI is InChI=1S/C28H38N2O5.ClH/c1-32-24-8-7-20(14-25(24)33-2)9-12-29-11-5-6-21(18-29)19-30-13-10-22-15-26(34-3)27(35-4)16-23(22)17-28(30)31;/h7-8,14-16,21H,5-6,9-13,17-19H2,1-4H3;1H/t21-;/m0./s1. The lowest BCUT2D eigenvalue weighted by Crippen LogP contribution is -2.44. The quantitative estimate of drug-likeness (QED) is 0.499. The van der Waals surface area contributed by atoms with Gasteiger partial charge in [0.05, 0.1) is 34.9 Å². The zero-order valence-electron chi connectivity index (χ0n) is 21.9. The Labute approximate surface area is 221 Å². The number of carbonyl (C=O) groups is 1. The zero-order chi connectivity index (χ0) is 24.8. The molecule has 7 nitrogen and oxygen atoms in total. The summed E-state index contributed by atoms with van der Waals surface area (Å²) in [6.45, 7) is 4.73. The molecular weight excluding hydrogens is 480 g/mol. The van der Waals surface area contributed by atoms with Crippen molar-refractivity contribution < 1.29 is 23.7 Å². The molecule has 1 atom stereocenters. The van der Waals surface area contributed by atoms with Gasteiger partial charge in [-0.15, -0.1) is 12.4 Å². The summed E-state index contributed by atoms with van der Waals surface area (Å²) in [4.78, 5) is 17.7. The minimum Gasteiger partial charge on any atom is -0.493 e. The number of amides is 1. The maximum Gasteiger partial charge on any atom is 0.227 e. The predicted octanol–water partition coefficient (Wildman–Crippen LogP) is 4.02. The highest BCUT2D eigenvalue weighted by atomic mass is 35.5. The van der Waals surface area contributed by atoms with E-state index >= 15 is 0 Å². The number of hydrogen-bond acceptors (Lipinski definition) is 6. The molecule has 2 aromatic carbocycles. The van der Waals surface area contributed by atoms with E-state index in [1.807, 2.05) is 18.2 Å². The number of fused-ring (bicyclic) bond motifs is 1. The Kier molecular flexibility index (Phi) is 10.1. The van der Waals surface area contributed by atoms with Crippen molar-refractivity contribution in [1.82, 2.24) is 9.80 Å².